The molecule has 11 rings (SSSR count). The number of nitrogens with zero attached hydrogens (tertiary/aromatic N) is 5. The topological polar surface area (TPSA) is 216 Å². The molecule has 80 heavy (non-hydrogen) atoms. The highest BCUT2D eigenvalue weighted by molar-refractivity contribution is 7.92. The maximum Gasteiger partial charge on any atom is 0.586 e. The molecule has 2 saturated carbocycles. The molecule has 0 bridgehead atoms. The van der Waals surface area contributed by atoms with Crippen molar-refractivity contribution in [1.29, 1.82) is 0 Å². The van der Waals surface area contributed by atoms with E-state index in [0.717, 1.165) is 42.9 Å². The molecule has 416 valence electrons. The Bertz CT molecular complexity index is 3490. The first kappa shape index (κ1) is 54.9. The second kappa shape index (κ2) is 21.8. The number of benzene rings is 3. The van der Waals surface area contributed by atoms with Crippen LogP contribution in [0.3, 0.4) is 0 Å². The zero-order valence-electron chi connectivity index (χ0n) is 44.2. The monoisotopic (exact) mass is 1150 g/mol. The van der Waals surface area contributed by atoms with Crippen molar-refractivity contribution in [2.75, 3.05) is 43.0 Å². The molecular formula is C58H57ClF2N8O9S2. The van der Waals surface area contributed by atoms with Gasteiger partial charge in [-0.3, -0.25) is 43.6 Å². The third kappa shape index (κ3) is 11.2. The number of amides is 6. The van der Waals surface area contributed by atoms with Gasteiger partial charge in [-0.05, 0) is 141 Å². The fourth-order valence-electron chi connectivity index (χ4n) is 11.2. The summed E-state index contributed by atoms with van der Waals surface area (Å²) in [7, 11) is 0. The van der Waals surface area contributed by atoms with E-state index in [2.05, 4.69) is 49.2 Å². The Balaban J connectivity index is 0.628. The van der Waals surface area contributed by atoms with E-state index in [-0.39, 0.29) is 102 Å². The van der Waals surface area contributed by atoms with Crippen molar-refractivity contribution in [3.05, 3.63) is 123 Å². The van der Waals surface area contributed by atoms with Gasteiger partial charge in [-0.15, -0.1) is 20.1 Å². The van der Waals surface area contributed by atoms with Gasteiger partial charge in [0.1, 0.15) is 11.6 Å². The van der Waals surface area contributed by atoms with Gasteiger partial charge >= 0.3 is 6.29 Å². The summed E-state index contributed by atoms with van der Waals surface area (Å²) in [4.78, 5) is 94.5. The number of aromatic nitrogens is 2. The number of carbonyl (C=O) groups excluding carboxylic acids is 6. The van der Waals surface area contributed by atoms with E-state index < -0.39 is 34.7 Å². The number of likely N-dealkylation sites (tertiary alicyclic amines) is 1. The van der Waals surface area contributed by atoms with E-state index in [1.165, 1.54) is 28.4 Å². The molecule has 5 aliphatic rings. The molecule has 0 radical (unpaired) electrons. The Kier molecular flexibility index (Phi) is 15.0. The molecule has 3 unspecified atom stereocenters. The van der Waals surface area contributed by atoms with Crippen LogP contribution in [0.5, 0.6) is 11.5 Å². The van der Waals surface area contributed by atoms with Crippen LogP contribution in [0.25, 0.3) is 32.6 Å². The number of piperazine rings is 1. The number of alkyl halides is 2. The number of nitrogens with one attached hydrogen (secondary N) is 3. The Morgan fingerprint density at radius 1 is 0.863 bits per heavy atom. The predicted molar refractivity (Wildman–Crippen MR) is 297 cm³/mol. The first-order chi connectivity index (χ1) is 38.2. The van der Waals surface area contributed by atoms with Crippen molar-refractivity contribution in [3.8, 4) is 33.9 Å². The Hall–Kier alpha value is -7.04. The number of fused-ring (bicyclic) bond motifs is 3. The number of hydrogen-bond acceptors (Lipinski definition) is 13. The first-order valence-electron chi connectivity index (χ1n) is 26.5. The number of halogens is 3. The van der Waals surface area contributed by atoms with E-state index in [0.29, 0.717) is 66.3 Å². The molecule has 6 amide bonds. The zero-order valence-corrected chi connectivity index (χ0v) is 46.6. The van der Waals surface area contributed by atoms with Gasteiger partial charge in [-0.25, -0.2) is 4.98 Å². The average Bonchev–Trinajstić information content (AvgIpc) is 3.89. The molecule has 0 spiro atoms. The molecule has 2 aliphatic carbocycles. The summed E-state index contributed by atoms with van der Waals surface area (Å²) in [5.74, 6) is -2.10. The SMILES string of the molecule is Cc1ccc(NC(=O)C2(c3ccc4c(c3)OC(F)(F)O4)CC2)nc1-c1cccc(C(=O)NCCNC(=O)C[S+]([O-])CCC(=O)N2C[C@H](C)N(Cc3c(C)cc(Cl)cc3-c3ccnc4cc(CN5C(=O)C6CC6C5=O)sc34)[C@@H](C)C2)c1. The number of thiophene rings is 1. The van der Waals surface area contributed by atoms with Gasteiger partial charge in [0.15, 0.2) is 17.3 Å². The Morgan fingerprint density at radius 2 is 1.60 bits per heavy atom. The summed E-state index contributed by atoms with van der Waals surface area (Å²) in [5, 5.41) is 8.96. The standard InChI is InChI=1S/C58H57ClF2N8O9S2/c1-31-8-11-48(66-56(75)57(14-15-57)37-9-10-46-47(22-37)78-58(60,61)77-46)65-51(31)35-6-5-7-36(21-35)53(72)64-18-17-63-49(70)30-80(76)19-13-50(71)67-26-33(3)68(34(4)27-67)29-44-32(2)20-38(59)23-41(44)40-12-16-62-45-24-39(79-52(40)45)28-69-54(73)42-25-43(42)55(69)74/h5-12,16,20-24,33-34,42-43H,13-15,17-19,25-30H2,1-4H3,(H,63,70)(H,64,72)(H,65,66,75)/t33-,34-,42?,43?,80?/m0/s1. The van der Waals surface area contributed by atoms with E-state index in [4.69, 9.17) is 16.6 Å². The molecule has 22 heteroatoms. The van der Waals surface area contributed by atoms with Crippen molar-refractivity contribution >= 4 is 85.6 Å². The summed E-state index contributed by atoms with van der Waals surface area (Å²) < 4.78 is 50.4. The fourth-order valence-corrected chi connectivity index (χ4v) is 13.5. The van der Waals surface area contributed by atoms with Crippen LogP contribution in [0.4, 0.5) is 14.6 Å². The Morgan fingerprint density at radius 3 is 2.35 bits per heavy atom. The minimum absolute atomic E-state index is 0.0153. The van der Waals surface area contributed by atoms with Crippen molar-refractivity contribution < 1.29 is 51.6 Å². The summed E-state index contributed by atoms with van der Waals surface area (Å²) in [6, 6.07) is 22.4. The van der Waals surface area contributed by atoms with Gasteiger partial charge in [0.2, 0.25) is 23.6 Å². The van der Waals surface area contributed by atoms with Gasteiger partial charge in [0, 0.05) is 77.6 Å². The van der Waals surface area contributed by atoms with Crippen LogP contribution >= 0.6 is 22.9 Å². The minimum atomic E-state index is -3.77. The largest absolute Gasteiger partial charge is 0.616 e. The lowest BCUT2D eigenvalue weighted by Crippen LogP contribution is -2.57. The van der Waals surface area contributed by atoms with Crippen LogP contribution in [0.15, 0.2) is 85.1 Å². The van der Waals surface area contributed by atoms with Crippen LogP contribution in [0, 0.1) is 25.7 Å². The normalized spacial score (nSPS) is 20.9. The number of anilines is 1. The number of hydrogen-bond donors (Lipinski definition) is 3. The van der Waals surface area contributed by atoms with Crippen LogP contribution in [0.1, 0.15) is 77.0 Å². The molecule has 3 aromatic carbocycles. The quantitative estimate of drug-likeness (QED) is 0.0426. The van der Waals surface area contributed by atoms with Crippen LogP contribution < -0.4 is 25.4 Å². The van der Waals surface area contributed by atoms with Gasteiger partial charge in [-0.2, -0.15) is 0 Å². The number of rotatable bonds is 18. The number of pyridine rings is 2. The average molecular weight is 1150 g/mol. The van der Waals surface area contributed by atoms with Crippen molar-refractivity contribution in [2.45, 2.75) is 90.3 Å². The first-order valence-corrected chi connectivity index (χ1v) is 29.2. The molecule has 4 fully saturated rings. The summed E-state index contributed by atoms with van der Waals surface area (Å²) in [6.45, 7) is 9.97. The third-order valence-corrected chi connectivity index (χ3v) is 18.3. The van der Waals surface area contributed by atoms with E-state index >= 15 is 0 Å². The molecule has 2 saturated heterocycles. The van der Waals surface area contributed by atoms with Crippen LogP contribution in [0.2, 0.25) is 5.02 Å². The number of carbonyl (C=O) groups is 6. The molecule has 5 atom stereocenters. The molecule has 6 aromatic rings. The van der Waals surface area contributed by atoms with E-state index in [9.17, 15) is 42.1 Å². The number of aryl methyl sites for hydroxylation is 2. The zero-order chi connectivity index (χ0) is 56.4. The minimum Gasteiger partial charge on any atom is -0.616 e. The molecular weight excluding hydrogens is 1090 g/mol. The van der Waals surface area contributed by atoms with E-state index in [1.54, 1.807) is 53.6 Å². The van der Waals surface area contributed by atoms with Gasteiger partial charge < -0.3 is 34.9 Å². The van der Waals surface area contributed by atoms with Gasteiger partial charge in [0.25, 0.3) is 11.8 Å². The lowest BCUT2D eigenvalue weighted by atomic mass is 9.94. The molecule has 17 nitrogen and oxygen atoms in total. The highest BCUT2D eigenvalue weighted by atomic mass is 35.5. The molecule has 3 aromatic heterocycles. The van der Waals surface area contributed by atoms with Gasteiger partial charge in [0.05, 0.1) is 46.1 Å². The molecule has 3 N–H and O–H groups in total. The summed E-state index contributed by atoms with van der Waals surface area (Å²) in [6.07, 6.45) is -0.330. The lowest BCUT2D eigenvalue weighted by Gasteiger charge is -2.45. The second-order valence-corrected chi connectivity index (χ2v) is 24.5. The lowest BCUT2D eigenvalue weighted by molar-refractivity contribution is -0.286. The number of ether oxygens (including phenoxy) is 2. The highest BCUT2D eigenvalue weighted by Gasteiger charge is 2.59. The molecule has 3 aliphatic heterocycles. The highest BCUT2D eigenvalue weighted by Crippen LogP contribution is 2.53. The predicted octanol–water partition coefficient (Wildman–Crippen LogP) is 7.90. The summed E-state index contributed by atoms with van der Waals surface area (Å²) >= 11 is 6.63. The number of imide groups is 1. The van der Waals surface area contributed by atoms with Crippen LogP contribution in [-0.4, -0.2) is 121 Å². The summed E-state index contributed by atoms with van der Waals surface area (Å²) in [5.41, 5.74) is 6.65. The number of piperidine rings is 1. The van der Waals surface area contributed by atoms with Crippen molar-refractivity contribution in [2.24, 2.45) is 11.8 Å². The fraction of sp³-hybridized carbons (Fsp3) is 0.379. The maximum absolute atomic E-state index is 13.7. The maximum atomic E-state index is 13.7. The van der Waals surface area contributed by atoms with Gasteiger partial charge in [-0.1, -0.05) is 35.9 Å². The van der Waals surface area contributed by atoms with E-state index in [1.807, 2.05) is 38.1 Å². The molecule has 6 heterocycles. The third-order valence-electron chi connectivity index (χ3n) is 15.7. The van der Waals surface area contributed by atoms with Crippen molar-refractivity contribution in [3.63, 3.8) is 0 Å². The van der Waals surface area contributed by atoms with Crippen molar-refractivity contribution in [1.82, 2.24) is 35.3 Å². The Labute approximate surface area is 471 Å². The smallest absolute Gasteiger partial charge is 0.586 e. The second-order valence-electron chi connectivity index (χ2n) is 21.4. The van der Waals surface area contributed by atoms with Crippen LogP contribution in [-0.2, 0) is 53.7 Å².